The number of carbonyl (C=O) groups is 2. The van der Waals surface area contributed by atoms with Crippen molar-refractivity contribution < 1.29 is 28.3 Å². The number of ether oxygens (including phenoxy) is 3. The van der Waals surface area contributed by atoms with E-state index in [0.29, 0.717) is 34.3 Å². The maximum Gasteiger partial charge on any atom is 0.332 e. The van der Waals surface area contributed by atoms with Crippen LogP contribution in [0.25, 0.3) is 11.4 Å². The highest BCUT2D eigenvalue weighted by Crippen LogP contribution is 2.41. The van der Waals surface area contributed by atoms with Crippen molar-refractivity contribution in [1.29, 1.82) is 0 Å². The Kier molecular flexibility index (Phi) is 6.08. The monoisotopic (exact) mass is 494 g/mol. The maximum atomic E-state index is 13.4. The Bertz CT molecular complexity index is 1270. The minimum Gasteiger partial charge on any atom is -0.493 e. The Balaban J connectivity index is 1.45. The number of hydrogen-bond donors (Lipinski definition) is 0. The van der Waals surface area contributed by atoms with E-state index in [4.69, 9.17) is 18.7 Å². The molecule has 0 aliphatic carbocycles. The summed E-state index contributed by atoms with van der Waals surface area (Å²) in [7, 11) is 4.57. The number of nitrogens with zero attached hydrogens (tertiary/aromatic N) is 4. The lowest BCUT2D eigenvalue weighted by Crippen LogP contribution is -2.61. The minimum atomic E-state index is -0.442. The maximum absolute atomic E-state index is 13.4. The zero-order valence-corrected chi connectivity index (χ0v) is 20.0. The first-order valence-corrected chi connectivity index (χ1v) is 11.6. The highest BCUT2D eigenvalue weighted by molar-refractivity contribution is 8.03. The predicted octanol–water partition coefficient (Wildman–Crippen LogP) is 3.73. The molecule has 5 rings (SSSR count). The zero-order chi connectivity index (χ0) is 24.5. The molecule has 2 unspecified atom stereocenters. The summed E-state index contributed by atoms with van der Waals surface area (Å²) >= 11 is 1.39. The van der Waals surface area contributed by atoms with Crippen molar-refractivity contribution in [1.82, 2.24) is 15.0 Å². The third-order valence-electron chi connectivity index (χ3n) is 5.78. The average Bonchev–Trinajstić information content (AvgIpc) is 3.56. The molecule has 180 valence electrons. The van der Waals surface area contributed by atoms with Crippen LogP contribution < -0.4 is 19.1 Å². The van der Waals surface area contributed by atoms with Gasteiger partial charge in [0.1, 0.15) is 11.8 Å². The molecule has 2 aromatic carbocycles. The molecule has 3 heterocycles. The van der Waals surface area contributed by atoms with Crippen LogP contribution in [-0.2, 0) is 11.3 Å². The summed E-state index contributed by atoms with van der Waals surface area (Å²) in [5, 5.41) is 5.49. The van der Waals surface area contributed by atoms with Gasteiger partial charge in [0.2, 0.25) is 17.5 Å². The highest BCUT2D eigenvalue weighted by atomic mass is 32.2. The first-order valence-electron chi connectivity index (χ1n) is 10.7. The number of carbonyl (C=O) groups excluding carboxylic acids is 2. The summed E-state index contributed by atoms with van der Waals surface area (Å²) in [6.07, 6.45) is 1.85. The minimum absolute atomic E-state index is 0.0406. The number of thioether (sulfide) groups is 1. The molecule has 35 heavy (non-hydrogen) atoms. The topological polar surface area (TPSA) is 107 Å². The van der Waals surface area contributed by atoms with Crippen LogP contribution in [-0.4, -0.2) is 59.6 Å². The Morgan fingerprint density at radius 2 is 1.74 bits per heavy atom. The number of imide groups is 1. The third kappa shape index (κ3) is 3.97. The Labute approximate surface area is 205 Å². The molecule has 10 nitrogen and oxygen atoms in total. The number of urea groups is 1. The van der Waals surface area contributed by atoms with E-state index in [-0.39, 0.29) is 18.3 Å². The second kappa shape index (κ2) is 9.34. The van der Waals surface area contributed by atoms with Crippen molar-refractivity contribution in [2.24, 2.45) is 0 Å². The fourth-order valence-electron chi connectivity index (χ4n) is 4.12. The number of rotatable bonds is 7. The summed E-state index contributed by atoms with van der Waals surface area (Å²) in [4.78, 5) is 33.8. The summed E-state index contributed by atoms with van der Waals surface area (Å²) in [5.41, 5.74) is 1.11. The summed E-state index contributed by atoms with van der Waals surface area (Å²) in [5.74, 6) is 1.63. The van der Waals surface area contributed by atoms with Gasteiger partial charge in [0.15, 0.2) is 11.5 Å². The average molecular weight is 495 g/mol. The number of aromatic nitrogens is 2. The molecule has 11 heteroatoms. The van der Waals surface area contributed by atoms with Gasteiger partial charge < -0.3 is 23.6 Å². The van der Waals surface area contributed by atoms with Crippen molar-refractivity contribution >= 4 is 29.4 Å². The molecule has 2 atom stereocenters. The Morgan fingerprint density at radius 3 is 2.40 bits per heavy atom. The van der Waals surface area contributed by atoms with Crippen molar-refractivity contribution in [2.75, 3.05) is 26.2 Å². The Morgan fingerprint density at radius 1 is 1.03 bits per heavy atom. The van der Waals surface area contributed by atoms with E-state index in [2.05, 4.69) is 10.1 Å². The van der Waals surface area contributed by atoms with Crippen LogP contribution in [0.4, 0.5) is 10.5 Å². The molecule has 1 fully saturated rings. The molecule has 0 saturated carbocycles. The van der Waals surface area contributed by atoms with E-state index in [1.807, 2.05) is 17.6 Å². The van der Waals surface area contributed by atoms with Crippen LogP contribution in [0.5, 0.6) is 17.2 Å². The van der Waals surface area contributed by atoms with Gasteiger partial charge in [-0.15, -0.1) is 11.8 Å². The van der Waals surface area contributed by atoms with Gasteiger partial charge in [-0.1, -0.05) is 29.4 Å². The molecule has 3 aromatic rings. The van der Waals surface area contributed by atoms with Gasteiger partial charge in [-0.2, -0.15) is 4.98 Å². The van der Waals surface area contributed by atoms with Crippen LogP contribution in [0.1, 0.15) is 5.89 Å². The number of methoxy groups -OCH3 is 3. The van der Waals surface area contributed by atoms with E-state index < -0.39 is 17.3 Å². The number of fused-ring (bicyclic) bond motifs is 1. The second-order valence-corrected chi connectivity index (χ2v) is 8.77. The molecular weight excluding hydrogens is 472 g/mol. The van der Waals surface area contributed by atoms with Crippen LogP contribution in [0.2, 0.25) is 0 Å². The molecule has 0 bridgehead atoms. The van der Waals surface area contributed by atoms with Gasteiger partial charge >= 0.3 is 6.03 Å². The van der Waals surface area contributed by atoms with Crippen LogP contribution in [0.3, 0.4) is 0 Å². The standard InChI is InChI=1S/C24H22N4O6S/c1-31-17-11-14(12-18(32-2)20(17)33-3)22-25-19(34-26-22)13-27-16-9-10-35-21(16)23(29)28(24(27)30)15-7-5-4-6-8-15/h4-12,16,21H,13H2,1-3H3. The lowest BCUT2D eigenvalue weighted by Gasteiger charge is -2.40. The Hall–Kier alpha value is -3.99. The van der Waals surface area contributed by atoms with Crippen molar-refractivity contribution in [3.63, 3.8) is 0 Å². The van der Waals surface area contributed by atoms with Gasteiger partial charge in [0, 0.05) is 5.56 Å². The summed E-state index contributed by atoms with van der Waals surface area (Å²) in [6, 6.07) is 11.4. The molecule has 1 aromatic heterocycles. The van der Waals surface area contributed by atoms with Crippen molar-refractivity contribution in [3.05, 3.63) is 59.8 Å². The number of benzene rings is 2. The quantitative estimate of drug-likeness (QED) is 0.485. The number of anilines is 1. The van der Waals surface area contributed by atoms with Crippen molar-refractivity contribution in [2.45, 2.75) is 17.8 Å². The first-order chi connectivity index (χ1) is 17.0. The first kappa shape index (κ1) is 22.8. The van der Waals surface area contributed by atoms with E-state index in [1.165, 1.54) is 38.0 Å². The lowest BCUT2D eigenvalue weighted by atomic mass is 10.1. The fourth-order valence-corrected chi connectivity index (χ4v) is 5.16. The van der Waals surface area contributed by atoms with Gasteiger partial charge in [-0.05, 0) is 29.7 Å². The van der Waals surface area contributed by atoms with Gasteiger partial charge in [0.25, 0.3) is 5.91 Å². The van der Waals surface area contributed by atoms with Gasteiger partial charge in [0.05, 0.1) is 33.1 Å². The molecule has 1 saturated heterocycles. The van der Waals surface area contributed by atoms with Gasteiger partial charge in [-0.25, -0.2) is 9.69 Å². The number of hydrogen-bond acceptors (Lipinski definition) is 9. The van der Waals surface area contributed by atoms with E-state index in [9.17, 15) is 9.59 Å². The molecule has 0 radical (unpaired) electrons. The summed E-state index contributed by atoms with van der Waals surface area (Å²) in [6.45, 7) is 0.0406. The van der Waals surface area contributed by atoms with Crippen LogP contribution in [0, 0.1) is 0 Å². The largest absolute Gasteiger partial charge is 0.493 e. The fraction of sp³-hybridized carbons (Fsp3) is 0.250. The molecule has 3 amide bonds. The molecular formula is C24H22N4O6S. The lowest BCUT2D eigenvalue weighted by molar-refractivity contribution is -0.119. The SMILES string of the molecule is COc1cc(-c2noc(CN3C(=O)N(c4ccccc4)C(=O)C4SC=CC43)n2)cc(OC)c1OC. The second-order valence-electron chi connectivity index (χ2n) is 7.72. The van der Waals surface area contributed by atoms with E-state index >= 15 is 0 Å². The molecule has 2 aliphatic rings. The van der Waals surface area contributed by atoms with Gasteiger partial charge in [-0.3, -0.25) is 4.79 Å². The molecule has 2 aliphatic heterocycles. The normalized spacial score (nSPS) is 19.2. The zero-order valence-electron chi connectivity index (χ0n) is 19.2. The van der Waals surface area contributed by atoms with Crippen LogP contribution in [0.15, 0.2) is 58.5 Å². The third-order valence-corrected chi connectivity index (χ3v) is 6.87. The predicted molar refractivity (Wildman–Crippen MR) is 129 cm³/mol. The molecule has 0 N–H and O–H groups in total. The van der Waals surface area contributed by atoms with E-state index in [1.54, 1.807) is 41.3 Å². The van der Waals surface area contributed by atoms with Crippen LogP contribution >= 0.6 is 11.8 Å². The van der Waals surface area contributed by atoms with Crippen molar-refractivity contribution in [3.8, 4) is 28.6 Å². The highest BCUT2D eigenvalue weighted by Gasteiger charge is 2.48. The molecule has 0 spiro atoms. The smallest absolute Gasteiger partial charge is 0.332 e. The summed E-state index contributed by atoms with van der Waals surface area (Å²) < 4.78 is 21.7. The van der Waals surface area contributed by atoms with E-state index in [0.717, 1.165) is 0 Å². The number of para-hydroxylation sites is 1. The number of amides is 3.